The van der Waals surface area contributed by atoms with E-state index in [0.29, 0.717) is 6.04 Å². The molecule has 1 aliphatic rings. The van der Waals surface area contributed by atoms with Gasteiger partial charge in [0.2, 0.25) is 0 Å². The van der Waals surface area contributed by atoms with E-state index in [1.165, 1.54) is 11.1 Å². The van der Waals surface area contributed by atoms with Gasteiger partial charge < -0.3 is 10.4 Å². The summed E-state index contributed by atoms with van der Waals surface area (Å²) in [4.78, 5) is 20.9. The van der Waals surface area contributed by atoms with E-state index in [9.17, 15) is 4.79 Å². The van der Waals surface area contributed by atoms with Crippen LogP contribution in [0.25, 0.3) is 22.5 Å². The van der Waals surface area contributed by atoms with Crippen LogP contribution in [-0.4, -0.2) is 27.1 Å². The van der Waals surface area contributed by atoms with Gasteiger partial charge in [-0.1, -0.05) is 72.5 Å². The zero-order chi connectivity index (χ0) is 22.5. The second-order valence-corrected chi connectivity index (χ2v) is 8.82. The molecule has 4 rings (SSSR count). The monoisotopic (exact) mass is 429 g/mol. The van der Waals surface area contributed by atoms with Crippen molar-refractivity contribution in [2.24, 2.45) is 0 Å². The minimum atomic E-state index is -0.710. The average Bonchev–Trinajstić information content (AvgIpc) is 2.79. The Labute approximate surface area is 189 Å². The molecule has 0 saturated carbocycles. The fourth-order valence-corrected chi connectivity index (χ4v) is 4.22. The van der Waals surface area contributed by atoms with Gasteiger partial charge in [0.25, 0.3) is 0 Å². The molecule has 2 aromatic carbocycles. The van der Waals surface area contributed by atoms with Gasteiger partial charge in [0.1, 0.15) is 5.82 Å². The van der Waals surface area contributed by atoms with Crippen molar-refractivity contribution in [3.05, 3.63) is 65.4 Å². The number of rotatable bonds is 8. The van der Waals surface area contributed by atoms with Gasteiger partial charge in [-0.05, 0) is 39.5 Å². The van der Waals surface area contributed by atoms with E-state index in [1.54, 1.807) is 0 Å². The molecule has 0 spiro atoms. The molecule has 32 heavy (non-hydrogen) atoms. The number of nitrogens with zero attached hydrogens (tertiary/aromatic N) is 2. The number of carboxylic acid groups (broad SMARTS) is 1. The van der Waals surface area contributed by atoms with Gasteiger partial charge in [0.05, 0.1) is 17.1 Å². The summed E-state index contributed by atoms with van der Waals surface area (Å²) < 4.78 is 0. The number of aromatic nitrogens is 2. The minimum absolute atomic E-state index is 0.258. The summed E-state index contributed by atoms with van der Waals surface area (Å²) in [5, 5.41) is 12.4. The molecule has 1 atom stereocenters. The predicted octanol–water partition coefficient (Wildman–Crippen LogP) is 6.19. The maximum Gasteiger partial charge on any atom is 0.303 e. The molecular weight excluding hydrogens is 398 g/mol. The molecule has 3 aromatic rings. The molecule has 0 fully saturated rings. The molecule has 0 bridgehead atoms. The molecule has 1 aliphatic heterocycles. The number of carbonyl (C=O) groups is 1. The van der Waals surface area contributed by atoms with Crippen molar-refractivity contribution in [1.82, 2.24) is 9.97 Å². The van der Waals surface area contributed by atoms with Gasteiger partial charge in [-0.25, -0.2) is 9.97 Å². The molecule has 5 nitrogen and oxygen atoms in total. The fourth-order valence-electron chi connectivity index (χ4n) is 4.22. The van der Waals surface area contributed by atoms with Crippen LogP contribution in [0.1, 0.15) is 55.3 Å². The number of hydrogen-bond donors (Lipinski definition) is 2. The van der Waals surface area contributed by atoms with Crippen molar-refractivity contribution in [1.29, 1.82) is 0 Å². The lowest BCUT2D eigenvalue weighted by Crippen LogP contribution is -2.27. The first-order chi connectivity index (χ1) is 15.5. The van der Waals surface area contributed by atoms with Crippen molar-refractivity contribution in [3.63, 3.8) is 0 Å². The smallest absolute Gasteiger partial charge is 0.303 e. The van der Waals surface area contributed by atoms with Crippen LogP contribution in [0.4, 0.5) is 5.82 Å². The van der Waals surface area contributed by atoms with Crippen LogP contribution in [0, 0.1) is 13.8 Å². The highest BCUT2D eigenvalue weighted by Gasteiger charge is 2.23. The maximum absolute atomic E-state index is 10.7. The third kappa shape index (κ3) is 5.34. The first kappa shape index (κ1) is 22.0. The lowest BCUT2D eigenvalue weighted by atomic mass is 9.97. The number of aliphatic carboxylic acids is 1. The summed E-state index contributed by atoms with van der Waals surface area (Å²) in [5.74, 6) is 0.177. The van der Waals surface area contributed by atoms with Crippen LogP contribution in [0.3, 0.4) is 0 Å². The number of fused-ring (bicyclic) bond motifs is 1. The highest BCUT2D eigenvalue weighted by atomic mass is 16.4. The van der Waals surface area contributed by atoms with Gasteiger partial charge in [0.15, 0.2) is 0 Å². The van der Waals surface area contributed by atoms with Gasteiger partial charge >= 0.3 is 5.97 Å². The zero-order valence-corrected chi connectivity index (χ0v) is 18.9. The molecule has 5 heteroatoms. The summed E-state index contributed by atoms with van der Waals surface area (Å²) in [6, 6.07) is 17.3. The molecular formula is C27H31N3O2. The van der Waals surface area contributed by atoms with E-state index in [4.69, 9.17) is 15.1 Å². The Morgan fingerprint density at radius 2 is 1.50 bits per heavy atom. The maximum atomic E-state index is 10.7. The molecule has 0 unspecified atom stereocenters. The highest BCUT2D eigenvalue weighted by molar-refractivity contribution is 5.79. The van der Waals surface area contributed by atoms with E-state index in [-0.39, 0.29) is 6.42 Å². The van der Waals surface area contributed by atoms with Gasteiger partial charge in [-0.3, -0.25) is 4.79 Å². The second kappa shape index (κ2) is 9.94. The van der Waals surface area contributed by atoms with Crippen LogP contribution in [0.15, 0.2) is 48.5 Å². The van der Waals surface area contributed by atoms with Crippen LogP contribution in [-0.2, 0) is 11.2 Å². The standard InChI is InChI=1S/C27H31N3O2/c1-18-8-12-20(13-9-18)25-26(21-14-10-19(2)11-15-21)30-27-23(29-25)17-16-22(28-27)6-4-3-5-7-24(31)32/h8-15,22H,3-7,16-17H2,1-2H3,(H,28,30)(H,31,32)/t22-/m1/s1. The van der Waals surface area contributed by atoms with Crippen molar-refractivity contribution in [3.8, 4) is 22.5 Å². The van der Waals surface area contributed by atoms with Gasteiger partial charge in [0, 0.05) is 23.6 Å². The lowest BCUT2D eigenvalue weighted by Gasteiger charge is -2.27. The SMILES string of the molecule is Cc1ccc(-c2nc3c(nc2-c2ccc(C)cc2)N[C@H](CCCCCC(=O)O)CC3)cc1. The highest BCUT2D eigenvalue weighted by Crippen LogP contribution is 2.34. The lowest BCUT2D eigenvalue weighted by molar-refractivity contribution is -0.137. The Balaban J connectivity index is 1.58. The molecule has 1 aromatic heterocycles. The molecule has 2 N–H and O–H groups in total. The summed E-state index contributed by atoms with van der Waals surface area (Å²) in [6.07, 6.45) is 5.94. The fraction of sp³-hybridized carbons (Fsp3) is 0.370. The average molecular weight is 430 g/mol. The van der Waals surface area contributed by atoms with Gasteiger partial charge in [-0.15, -0.1) is 0 Å². The number of benzene rings is 2. The van der Waals surface area contributed by atoms with Crippen LogP contribution in [0.2, 0.25) is 0 Å². The predicted molar refractivity (Wildman–Crippen MR) is 129 cm³/mol. The Hall–Kier alpha value is -3.21. The van der Waals surface area contributed by atoms with E-state index in [0.717, 1.165) is 72.6 Å². The normalized spacial score (nSPS) is 15.1. The quantitative estimate of drug-likeness (QED) is 0.418. The topological polar surface area (TPSA) is 75.1 Å². The van der Waals surface area contributed by atoms with E-state index in [1.807, 2.05) is 0 Å². The Morgan fingerprint density at radius 3 is 2.09 bits per heavy atom. The molecule has 2 heterocycles. The van der Waals surface area contributed by atoms with E-state index < -0.39 is 5.97 Å². The number of carboxylic acids is 1. The first-order valence-electron chi connectivity index (χ1n) is 11.5. The Bertz CT molecular complexity index is 1080. The number of nitrogens with one attached hydrogen (secondary N) is 1. The van der Waals surface area contributed by atoms with Gasteiger partial charge in [-0.2, -0.15) is 0 Å². The molecule has 0 radical (unpaired) electrons. The zero-order valence-electron chi connectivity index (χ0n) is 18.9. The number of anilines is 1. The summed E-state index contributed by atoms with van der Waals surface area (Å²) >= 11 is 0. The first-order valence-corrected chi connectivity index (χ1v) is 11.5. The van der Waals surface area contributed by atoms with Crippen LogP contribution in [0.5, 0.6) is 0 Å². The Morgan fingerprint density at radius 1 is 0.906 bits per heavy atom. The summed E-state index contributed by atoms with van der Waals surface area (Å²) in [5.41, 5.74) is 7.46. The molecule has 0 aliphatic carbocycles. The van der Waals surface area contributed by atoms with Crippen molar-refractivity contribution < 1.29 is 9.90 Å². The molecule has 0 saturated heterocycles. The van der Waals surface area contributed by atoms with Crippen molar-refractivity contribution in [2.45, 2.75) is 64.8 Å². The summed E-state index contributed by atoms with van der Waals surface area (Å²) in [6.45, 7) is 4.18. The summed E-state index contributed by atoms with van der Waals surface area (Å²) in [7, 11) is 0. The minimum Gasteiger partial charge on any atom is -0.481 e. The third-order valence-electron chi connectivity index (χ3n) is 6.13. The second-order valence-electron chi connectivity index (χ2n) is 8.82. The number of hydrogen-bond acceptors (Lipinski definition) is 4. The van der Waals surface area contributed by atoms with E-state index in [2.05, 4.69) is 67.7 Å². The number of unbranched alkanes of at least 4 members (excludes halogenated alkanes) is 2. The van der Waals surface area contributed by atoms with E-state index >= 15 is 0 Å². The third-order valence-corrected chi connectivity index (χ3v) is 6.13. The van der Waals surface area contributed by atoms with Crippen LogP contribution < -0.4 is 5.32 Å². The van der Waals surface area contributed by atoms with Crippen molar-refractivity contribution >= 4 is 11.8 Å². The Kier molecular flexibility index (Phi) is 6.84. The number of aryl methyl sites for hydroxylation is 3. The van der Waals surface area contributed by atoms with Crippen molar-refractivity contribution in [2.75, 3.05) is 5.32 Å². The largest absolute Gasteiger partial charge is 0.481 e. The molecule has 166 valence electrons. The molecule has 0 amide bonds. The van der Waals surface area contributed by atoms with Crippen LogP contribution >= 0.6 is 0 Å².